The molecule has 0 spiro atoms. The second-order valence-corrected chi connectivity index (χ2v) is 8.98. The number of hydrogen-bond acceptors (Lipinski definition) is 1. The fraction of sp³-hybridized carbons (Fsp3) is 0. The minimum Gasteiger partial charge on any atom is -0.221 e. The van der Waals surface area contributed by atoms with Gasteiger partial charge in [0.2, 0.25) is 0 Å². The van der Waals surface area contributed by atoms with Crippen LogP contribution in [0.5, 0.6) is 0 Å². The van der Waals surface area contributed by atoms with Gasteiger partial charge in [-0.05, 0) is 0 Å². The van der Waals surface area contributed by atoms with Gasteiger partial charge >= 0.3 is 0 Å². The van der Waals surface area contributed by atoms with Gasteiger partial charge in [0.1, 0.15) is 0 Å². The van der Waals surface area contributed by atoms with Gasteiger partial charge in [0, 0.05) is 15.9 Å². The summed E-state index contributed by atoms with van der Waals surface area (Å²) in [4.78, 5) is 0. The normalized spacial score (nSPS) is 11.1. The third-order valence-electron chi connectivity index (χ3n) is 3.50. The lowest BCUT2D eigenvalue weighted by Crippen LogP contribution is -2.24. The van der Waals surface area contributed by atoms with Crippen LogP contribution in [0.3, 0.4) is 0 Å². The second kappa shape index (κ2) is 6.59. The van der Waals surface area contributed by atoms with Crippen LogP contribution < -0.4 is 15.9 Å². The number of nitrogens with zero attached hydrogens (tertiary/aromatic N) is 1. The van der Waals surface area contributed by atoms with Crippen LogP contribution in [-0.4, -0.2) is 0 Å². The van der Waals surface area contributed by atoms with E-state index in [0.717, 1.165) is 0 Å². The largest absolute Gasteiger partial charge is 0.221 e. The Morgan fingerprint density at radius 2 is 0.810 bits per heavy atom. The molecule has 3 aromatic rings. The minimum atomic E-state index is -1.92. The molecule has 3 aromatic carbocycles. The molecule has 0 bridgehead atoms. The molecule has 0 aromatic heterocycles. The fourth-order valence-electron chi connectivity index (χ4n) is 2.51. The molecule has 104 valence electrons. The van der Waals surface area contributed by atoms with E-state index in [-0.39, 0.29) is 0 Å². The highest BCUT2D eigenvalue weighted by Gasteiger charge is 2.26. The van der Waals surface area contributed by atoms with Crippen LogP contribution in [0, 0.1) is 0 Å². The van der Waals surface area contributed by atoms with Crippen LogP contribution in [-0.2, 0) is 0 Å². The standard InChI is InChI=1S/C18H15INP/c19-20-21(16-10-4-1-5-11-16,17-12-6-2-7-13-17)18-14-8-3-9-15-18/h1-15H. The summed E-state index contributed by atoms with van der Waals surface area (Å²) >= 11 is 2.19. The summed E-state index contributed by atoms with van der Waals surface area (Å²) in [6, 6.07) is 31.9. The third-order valence-corrected chi connectivity index (χ3v) is 8.81. The van der Waals surface area contributed by atoms with Crippen LogP contribution in [0.15, 0.2) is 94.0 Å². The molecule has 1 nitrogen and oxygen atoms in total. The molecular weight excluding hydrogens is 388 g/mol. The Morgan fingerprint density at radius 1 is 0.524 bits per heavy atom. The summed E-state index contributed by atoms with van der Waals surface area (Å²) < 4.78 is 4.91. The lowest BCUT2D eigenvalue weighted by atomic mass is 10.4. The number of hydrogen-bond donors (Lipinski definition) is 0. The summed E-state index contributed by atoms with van der Waals surface area (Å²) in [5, 5.41) is 3.87. The highest BCUT2D eigenvalue weighted by molar-refractivity contribution is 14.1. The van der Waals surface area contributed by atoms with Gasteiger partial charge in [0.25, 0.3) is 0 Å². The highest BCUT2D eigenvalue weighted by Crippen LogP contribution is 2.47. The van der Waals surface area contributed by atoms with Crippen molar-refractivity contribution in [3.05, 3.63) is 91.0 Å². The van der Waals surface area contributed by atoms with Gasteiger partial charge in [-0.2, -0.15) is 0 Å². The smallest absolute Gasteiger partial charge is 0.0823 e. The van der Waals surface area contributed by atoms with E-state index >= 15 is 0 Å². The van der Waals surface area contributed by atoms with E-state index in [4.69, 9.17) is 2.96 Å². The molecule has 0 amide bonds. The van der Waals surface area contributed by atoms with E-state index in [0.29, 0.717) is 0 Å². The van der Waals surface area contributed by atoms with Crippen molar-refractivity contribution in [3.63, 3.8) is 0 Å². The summed E-state index contributed by atoms with van der Waals surface area (Å²) in [6.45, 7) is 0. The highest BCUT2D eigenvalue weighted by atomic mass is 127. The number of rotatable bonds is 3. The van der Waals surface area contributed by atoms with E-state index in [9.17, 15) is 0 Å². The van der Waals surface area contributed by atoms with Crippen LogP contribution in [0.25, 0.3) is 0 Å². The van der Waals surface area contributed by atoms with Gasteiger partial charge in [0.15, 0.2) is 0 Å². The summed E-state index contributed by atoms with van der Waals surface area (Å²) in [7, 11) is -1.92. The van der Waals surface area contributed by atoms with E-state index in [2.05, 4.69) is 114 Å². The van der Waals surface area contributed by atoms with Crippen molar-refractivity contribution in [2.75, 3.05) is 0 Å². The third kappa shape index (κ3) is 2.70. The maximum Gasteiger partial charge on any atom is 0.0823 e. The molecule has 0 saturated heterocycles. The zero-order valence-electron chi connectivity index (χ0n) is 11.4. The SMILES string of the molecule is IN=P(c1ccccc1)(c1ccccc1)c1ccccc1. The Balaban J connectivity index is 2.35. The maximum absolute atomic E-state index is 4.91. The van der Waals surface area contributed by atoms with E-state index in [1.54, 1.807) is 0 Å². The molecular formula is C18H15INP. The van der Waals surface area contributed by atoms with Crippen molar-refractivity contribution in [1.29, 1.82) is 0 Å². The quantitative estimate of drug-likeness (QED) is 0.451. The van der Waals surface area contributed by atoms with Crippen LogP contribution in [0.1, 0.15) is 0 Å². The molecule has 0 unspecified atom stereocenters. The molecule has 0 radical (unpaired) electrons. The average molecular weight is 403 g/mol. The summed E-state index contributed by atoms with van der Waals surface area (Å²) in [5.41, 5.74) is 0. The Labute approximate surface area is 139 Å². The Bertz CT molecular complexity index is 652. The van der Waals surface area contributed by atoms with Crippen LogP contribution in [0.2, 0.25) is 0 Å². The summed E-state index contributed by atoms with van der Waals surface area (Å²) in [5.74, 6) is 0. The average Bonchev–Trinajstić information content (AvgIpc) is 2.59. The topological polar surface area (TPSA) is 12.4 Å². The van der Waals surface area contributed by atoms with Crippen molar-refractivity contribution >= 4 is 45.8 Å². The molecule has 21 heavy (non-hydrogen) atoms. The zero-order chi connectivity index (χ0) is 14.5. The first-order chi connectivity index (χ1) is 10.4. The van der Waals surface area contributed by atoms with Crippen molar-refractivity contribution in [3.8, 4) is 0 Å². The molecule has 3 heteroatoms. The van der Waals surface area contributed by atoms with Gasteiger partial charge in [0.05, 0.1) is 29.9 Å². The molecule has 0 aliphatic carbocycles. The van der Waals surface area contributed by atoms with Gasteiger partial charge < -0.3 is 0 Å². The lowest BCUT2D eigenvalue weighted by molar-refractivity contribution is 1.72. The molecule has 3 rings (SSSR count). The van der Waals surface area contributed by atoms with Gasteiger partial charge in [-0.1, -0.05) is 91.0 Å². The summed E-state index contributed by atoms with van der Waals surface area (Å²) in [6.07, 6.45) is 0. The molecule has 0 aliphatic heterocycles. The van der Waals surface area contributed by atoms with E-state index < -0.39 is 7.05 Å². The fourth-order valence-corrected chi connectivity index (χ4v) is 7.72. The number of halogens is 1. The maximum atomic E-state index is 4.91. The van der Waals surface area contributed by atoms with Gasteiger partial charge in [-0.25, -0.2) is 2.96 Å². The van der Waals surface area contributed by atoms with Crippen LogP contribution in [0.4, 0.5) is 0 Å². The Morgan fingerprint density at radius 3 is 1.05 bits per heavy atom. The minimum absolute atomic E-state index is 1.29. The van der Waals surface area contributed by atoms with Gasteiger partial charge in [-0.3, -0.25) is 0 Å². The van der Waals surface area contributed by atoms with Crippen molar-refractivity contribution in [2.45, 2.75) is 0 Å². The zero-order valence-corrected chi connectivity index (χ0v) is 14.5. The van der Waals surface area contributed by atoms with E-state index in [1.165, 1.54) is 15.9 Å². The molecule has 0 saturated carbocycles. The predicted molar refractivity (Wildman–Crippen MR) is 102 cm³/mol. The lowest BCUT2D eigenvalue weighted by Gasteiger charge is -2.25. The van der Waals surface area contributed by atoms with Crippen molar-refractivity contribution < 1.29 is 0 Å². The predicted octanol–water partition coefficient (Wildman–Crippen LogP) is 4.51. The number of benzene rings is 3. The first-order valence-corrected chi connectivity index (χ1v) is 9.48. The first kappa shape index (κ1) is 14.6. The Hall–Kier alpha value is -1.38. The van der Waals surface area contributed by atoms with Crippen molar-refractivity contribution in [1.82, 2.24) is 0 Å². The molecule has 0 fully saturated rings. The molecule has 0 heterocycles. The molecule has 0 N–H and O–H groups in total. The van der Waals surface area contributed by atoms with Gasteiger partial charge in [-0.15, -0.1) is 0 Å². The first-order valence-electron chi connectivity index (χ1n) is 6.77. The Kier molecular flexibility index (Phi) is 4.57. The van der Waals surface area contributed by atoms with E-state index in [1.807, 2.05) is 0 Å². The van der Waals surface area contributed by atoms with Crippen LogP contribution >= 0.6 is 29.9 Å². The molecule has 0 atom stereocenters. The second-order valence-electron chi connectivity index (χ2n) is 4.72. The molecule has 0 aliphatic rings. The van der Waals surface area contributed by atoms with Crippen molar-refractivity contribution in [2.24, 2.45) is 2.96 Å². The monoisotopic (exact) mass is 403 g/mol.